The van der Waals surface area contributed by atoms with Crippen LogP contribution in [0, 0.1) is 13.8 Å². The van der Waals surface area contributed by atoms with E-state index >= 15 is 0 Å². The van der Waals surface area contributed by atoms with Crippen molar-refractivity contribution in [3.05, 3.63) is 65.5 Å². The van der Waals surface area contributed by atoms with Gasteiger partial charge >= 0.3 is 0 Å². The van der Waals surface area contributed by atoms with Crippen molar-refractivity contribution in [2.75, 3.05) is 12.1 Å². The van der Waals surface area contributed by atoms with Crippen LogP contribution in [0.15, 0.2) is 48.5 Å². The van der Waals surface area contributed by atoms with E-state index in [9.17, 15) is 4.79 Å². The Morgan fingerprint density at radius 2 is 1.92 bits per heavy atom. The number of aromatic nitrogens is 2. The van der Waals surface area contributed by atoms with Gasteiger partial charge in [0.05, 0.1) is 11.4 Å². The van der Waals surface area contributed by atoms with Crippen LogP contribution in [0.4, 0.5) is 5.69 Å². The Morgan fingerprint density at radius 3 is 2.72 bits per heavy atom. The summed E-state index contributed by atoms with van der Waals surface area (Å²) >= 11 is 0. The highest BCUT2D eigenvalue weighted by Crippen LogP contribution is 2.32. The number of hydrogen-bond donors (Lipinski definition) is 1. The molecule has 0 saturated carbocycles. The standard InChI is InChI=1S/C19H17N3O3/c1-12-8-13(2)22(21-12)16-5-3-4-15(10-16)20-19(23)14-6-7-17-18(9-14)25-11-24-17/h3-10H,11H2,1-2H3,(H,20,23). The highest BCUT2D eigenvalue weighted by Gasteiger charge is 2.16. The summed E-state index contributed by atoms with van der Waals surface area (Å²) in [6.07, 6.45) is 0. The van der Waals surface area contributed by atoms with Crippen molar-refractivity contribution in [2.24, 2.45) is 0 Å². The van der Waals surface area contributed by atoms with E-state index in [1.807, 2.05) is 48.9 Å². The Kier molecular flexibility index (Phi) is 3.65. The number of aryl methyl sites for hydroxylation is 2. The monoisotopic (exact) mass is 335 g/mol. The van der Waals surface area contributed by atoms with Gasteiger partial charge in [-0.05, 0) is 56.3 Å². The average Bonchev–Trinajstić information content (AvgIpc) is 3.20. The Balaban J connectivity index is 1.57. The topological polar surface area (TPSA) is 65.4 Å². The molecule has 0 atom stereocenters. The highest BCUT2D eigenvalue weighted by atomic mass is 16.7. The van der Waals surface area contributed by atoms with Gasteiger partial charge in [-0.3, -0.25) is 4.79 Å². The molecule has 6 nitrogen and oxygen atoms in total. The zero-order valence-electron chi connectivity index (χ0n) is 13.9. The molecule has 4 rings (SSSR count). The van der Waals surface area contributed by atoms with Gasteiger partial charge in [-0.2, -0.15) is 5.10 Å². The molecule has 1 N–H and O–H groups in total. The summed E-state index contributed by atoms with van der Waals surface area (Å²) in [6, 6.07) is 14.7. The Bertz CT molecular complexity index is 962. The lowest BCUT2D eigenvalue weighted by Crippen LogP contribution is -2.12. The van der Waals surface area contributed by atoms with Crippen molar-refractivity contribution < 1.29 is 14.3 Å². The maximum atomic E-state index is 12.5. The number of benzene rings is 2. The molecular weight excluding hydrogens is 318 g/mol. The summed E-state index contributed by atoms with van der Waals surface area (Å²) in [7, 11) is 0. The third kappa shape index (κ3) is 2.94. The first kappa shape index (κ1) is 15.3. The largest absolute Gasteiger partial charge is 0.454 e. The summed E-state index contributed by atoms with van der Waals surface area (Å²) in [6.45, 7) is 4.14. The molecule has 3 aromatic rings. The van der Waals surface area contributed by atoms with Gasteiger partial charge in [0.15, 0.2) is 11.5 Å². The highest BCUT2D eigenvalue weighted by molar-refractivity contribution is 6.04. The first-order chi connectivity index (χ1) is 12.1. The fraction of sp³-hybridized carbons (Fsp3) is 0.158. The lowest BCUT2D eigenvalue weighted by Gasteiger charge is -2.09. The fourth-order valence-corrected chi connectivity index (χ4v) is 2.85. The number of fused-ring (bicyclic) bond motifs is 1. The summed E-state index contributed by atoms with van der Waals surface area (Å²) < 4.78 is 12.4. The minimum atomic E-state index is -0.205. The van der Waals surface area contributed by atoms with E-state index in [0.29, 0.717) is 22.7 Å². The minimum Gasteiger partial charge on any atom is -0.454 e. The molecule has 1 amide bonds. The van der Waals surface area contributed by atoms with Crippen LogP contribution in [-0.4, -0.2) is 22.5 Å². The van der Waals surface area contributed by atoms with Gasteiger partial charge in [-0.15, -0.1) is 0 Å². The number of ether oxygens (including phenoxy) is 2. The zero-order valence-corrected chi connectivity index (χ0v) is 13.9. The number of nitrogens with one attached hydrogen (secondary N) is 1. The molecule has 25 heavy (non-hydrogen) atoms. The molecule has 0 fully saturated rings. The predicted molar refractivity (Wildman–Crippen MR) is 93.6 cm³/mol. The maximum Gasteiger partial charge on any atom is 0.255 e. The second-order valence-corrected chi connectivity index (χ2v) is 5.91. The van der Waals surface area contributed by atoms with Crippen molar-refractivity contribution in [2.45, 2.75) is 13.8 Å². The van der Waals surface area contributed by atoms with Crippen LogP contribution in [0.3, 0.4) is 0 Å². The van der Waals surface area contributed by atoms with Gasteiger partial charge in [-0.25, -0.2) is 4.68 Å². The molecule has 0 unspecified atom stereocenters. The van der Waals surface area contributed by atoms with Crippen LogP contribution in [0.1, 0.15) is 21.7 Å². The lowest BCUT2D eigenvalue weighted by molar-refractivity contribution is 0.102. The van der Waals surface area contributed by atoms with E-state index in [1.54, 1.807) is 18.2 Å². The molecule has 0 aliphatic carbocycles. The van der Waals surface area contributed by atoms with Crippen molar-refractivity contribution in [3.63, 3.8) is 0 Å². The molecule has 0 bridgehead atoms. The summed E-state index contributed by atoms with van der Waals surface area (Å²) in [5, 5.41) is 7.38. The van der Waals surface area contributed by atoms with Crippen LogP contribution in [0.5, 0.6) is 11.5 Å². The number of amides is 1. The fourth-order valence-electron chi connectivity index (χ4n) is 2.85. The minimum absolute atomic E-state index is 0.186. The van der Waals surface area contributed by atoms with Gasteiger partial charge < -0.3 is 14.8 Å². The first-order valence-corrected chi connectivity index (χ1v) is 7.95. The van der Waals surface area contributed by atoms with Gasteiger partial charge in [0.1, 0.15) is 0 Å². The molecule has 0 radical (unpaired) electrons. The molecule has 1 aliphatic rings. The summed E-state index contributed by atoms with van der Waals surface area (Å²) in [4.78, 5) is 12.5. The van der Waals surface area contributed by atoms with E-state index in [-0.39, 0.29) is 12.7 Å². The molecular formula is C19H17N3O3. The van der Waals surface area contributed by atoms with Gasteiger partial charge in [-0.1, -0.05) is 6.07 Å². The van der Waals surface area contributed by atoms with E-state index in [4.69, 9.17) is 9.47 Å². The normalized spacial score (nSPS) is 12.2. The summed E-state index contributed by atoms with van der Waals surface area (Å²) in [5.41, 5.74) is 4.10. The second kappa shape index (κ2) is 5.98. The average molecular weight is 335 g/mol. The van der Waals surface area contributed by atoms with Gasteiger partial charge in [0.2, 0.25) is 6.79 Å². The Hall–Kier alpha value is -3.28. The van der Waals surface area contributed by atoms with E-state index in [0.717, 1.165) is 17.1 Å². The van der Waals surface area contributed by atoms with Crippen LogP contribution in [0.25, 0.3) is 5.69 Å². The quantitative estimate of drug-likeness (QED) is 0.796. The number of rotatable bonds is 3. The molecule has 126 valence electrons. The molecule has 0 spiro atoms. The SMILES string of the molecule is Cc1cc(C)n(-c2cccc(NC(=O)c3ccc4c(c3)OCO4)c2)n1. The van der Waals surface area contributed by atoms with Crippen molar-refractivity contribution >= 4 is 11.6 Å². The number of anilines is 1. The number of nitrogens with zero attached hydrogens (tertiary/aromatic N) is 2. The van der Waals surface area contributed by atoms with Gasteiger partial charge in [0, 0.05) is 16.9 Å². The second-order valence-electron chi connectivity index (χ2n) is 5.91. The smallest absolute Gasteiger partial charge is 0.255 e. The van der Waals surface area contributed by atoms with E-state index in [1.165, 1.54) is 0 Å². The Labute approximate surface area is 145 Å². The first-order valence-electron chi connectivity index (χ1n) is 7.95. The zero-order chi connectivity index (χ0) is 17.4. The van der Waals surface area contributed by atoms with E-state index in [2.05, 4.69) is 10.4 Å². The number of carbonyl (C=O) groups excluding carboxylic acids is 1. The van der Waals surface area contributed by atoms with Crippen molar-refractivity contribution in [1.82, 2.24) is 9.78 Å². The lowest BCUT2D eigenvalue weighted by atomic mass is 10.2. The van der Waals surface area contributed by atoms with Crippen LogP contribution in [-0.2, 0) is 0 Å². The molecule has 0 saturated heterocycles. The Morgan fingerprint density at radius 1 is 1.08 bits per heavy atom. The van der Waals surface area contributed by atoms with Crippen LogP contribution < -0.4 is 14.8 Å². The third-order valence-corrected chi connectivity index (χ3v) is 3.99. The van der Waals surface area contributed by atoms with E-state index < -0.39 is 0 Å². The van der Waals surface area contributed by atoms with Crippen molar-refractivity contribution in [1.29, 1.82) is 0 Å². The summed E-state index contributed by atoms with van der Waals surface area (Å²) in [5.74, 6) is 1.04. The third-order valence-electron chi connectivity index (χ3n) is 3.99. The van der Waals surface area contributed by atoms with Crippen LogP contribution >= 0.6 is 0 Å². The predicted octanol–water partition coefficient (Wildman–Crippen LogP) is 3.47. The molecule has 1 aliphatic heterocycles. The molecule has 1 aromatic heterocycles. The molecule has 2 heterocycles. The maximum absolute atomic E-state index is 12.5. The number of hydrogen-bond acceptors (Lipinski definition) is 4. The van der Waals surface area contributed by atoms with Crippen molar-refractivity contribution in [3.8, 4) is 17.2 Å². The van der Waals surface area contributed by atoms with Crippen LogP contribution in [0.2, 0.25) is 0 Å². The van der Waals surface area contributed by atoms with Gasteiger partial charge in [0.25, 0.3) is 5.91 Å². The molecule has 6 heteroatoms. The molecule has 2 aromatic carbocycles. The number of carbonyl (C=O) groups is 1.